The second kappa shape index (κ2) is 7.23. The van der Waals surface area contributed by atoms with Gasteiger partial charge in [-0.1, -0.05) is 6.07 Å². The number of rotatable bonds is 5. The van der Waals surface area contributed by atoms with Gasteiger partial charge >= 0.3 is 6.18 Å². The number of fused-ring (bicyclic) bond motifs is 2. The summed E-state index contributed by atoms with van der Waals surface area (Å²) >= 11 is 0. The van der Waals surface area contributed by atoms with Gasteiger partial charge in [-0.2, -0.15) is 13.2 Å². The molecule has 4 heterocycles. The molecule has 7 nitrogen and oxygen atoms in total. The number of pyridine rings is 2. The van der Waals surface area contributed by atoms with Crippen molar-refractivity contribution in [2.45, 2.75) is 19.0 Å². The van der Waals surface area contributed by atoms with Crippen LogP contribution in [0.2, 0.25) is 0 Å². The van der Waals surface area contributed by atoms with Crippen molar-refractivity contribution >= 4 is 17.2 Å². The van der Waals surface area contributed by atoms with Crippen LogP contribution in [-0.4, -0.2) is 40.1 Å². The zero-order chi connectivity index (χ0) is 21.8. The summed E-state index contributed by atoms with van der Waals surface area (Å²) in [6, 6.07) is 4.81. The van der Waals surface area contributed by atoms with Gasteiger partial charge in [0.05, 0.1) is 31.2 Å². The van der Waals surface area contributed by atoms with Gasteiger partial charge in [-0.05, 0) is 30.9 Å². The Bertz CT molecular complexity index is 1150. The summed E-state index contributed by atoms with van der Waals surface area (Å²) in [4.78, 5) is 20.7. The van der Waals surface area contributed by atoms with E-state index >= 15 is 0 Å². The fraction of sp³-hybridized carbons (Fsp3) is 0.381. The molecular weight excluding hydrogens is 413 g/mol. The average Bonchev–Trinajstić information content (AvgIpc) is 3.07. The highest BCUT2D eigenvalue weighted by Crippen LogP contribution is 2.57. The molecule has 3 aromatic heterocycles. The molecule has 0 bridgehead atoms. The minimum absolute atomic E-state index is 0.329. The molecule has 1 N–H and O–H groups in total. The minimum Gasteiger partial charge on any atom is -0.490 e. The van der Waals surface area contributed by atoms with Crippen LogP contribution >= 0.6 is 0 Å². The number of aromatic nitrogens is 3. The number of alkyl halides is 3. The third-order valence-electron chi connectivity index (χ3n) is 5.66. The molecule has 0 radical (unpaired) electrons. The molecule has 5 rings (SSSR count). The zero-order valence-corrected chi connectivity index (χ0v) is 16.5. The van der Waals surface area contributed by atoms with E-state index < -0.39 is 17.8 Å². The number of nitrogens with zero attached hydrogens (tertiary/aromatic N) is 3. The minimum atomic E-state index is -4.63. The van der Waals surface area contributed by atoms with Crippen molar-refractivity contribution in [2.75, 3.05) is 25.1 Å². The summed E-state index contributed by atoms with van der Waals surface area (Å²) in [7, 11) is 0. The van der Waals surface area contributed by atoms with Crippen LogP contribution in [0.15, 0.2) is 36.7 Å². The maximum Gasteiger partial charge on any atom is 0.433 e. The number of carbonyl (C=O) groups is 1. The van der Waals surface area contributed by atoms with Crippen LogP contribution < -0.4 is 10.1 Å². The Labute approximate surface area is 175 Å². The van der Waals surface area contributed by atoms with Crippen molar-refractivity contribution in [3.8, 4) is 5.75 Å². The number of hydrogen-bond donors (Lipinski definition) is 1. The van der Waals surface area contributed by atoms with Gasteiger partial charge in [0.2, 0.25) is 0 Å². The number of halogens is 3. The number of imidazole rings is 1. The predicted octanol–water partition coefficient (Wildman–Crippen LogP) is 3.76. The first-order chi connectivity index (χ1) is 14.8. The largest absolute Gasteiger partial charge is 0.490 e. The van der Waals surface area contributed by atoms with Gasteiger partial charge in [0.15, 0.2) is 11.4 Å². The molecule has 2 fully saturated rings. The molecular formula is C21H19F3N4O3. The number of carbonyl (C=O) groups excluding carboxylic acids is 1. The quantitative estimate of drug-likeness (QED) is 0.664. The lowest BCUT2D eigenvalue weighted by molar-refractivity contribution is -0.141. The second-order valence-corrected chi connectivity index (χ2v) is 7.67. The Hall–Kier alpha value is -3.14. The van der Waals surface area contributed by atoms with E-state index in [0.29, 0.717) is 41.4 Å². The summed E-state index contributed by atoms with van der Waals surface area (Å²) in [6.07, 6.45) is -1.07. The van der Waals surface area contributed by atoms with Crippen LogP contribution in [0.3, 0.4) is 0 Å². The van der Waals surface area contributed by atoms with Crippen LogP contribution in [-0.2, 0) is 10.9 Å². The fourth-order valence-corrected chi connectivity index (χ4v) is 4.17. The number of ether oxygens (including phenoxy) is 2. The Kier molecular flexibility index (Phi) is 4.62. The van der Waals surface area contributed by atoms with Crippen molar-refractivity contribution in [2.24, 2.45) is 11.8 Å². The van der Waals surface area contributed by atoms with Crippen LogP contribution in [0.5, 0.6) is 5.75 Å². The van der Waals surface area contributed by atoms with E-state index in [9.17, 15) is 18.0 Å². The fourth-order valence-electron chi connectivity index (χ4n) is 4.17. The second-order valence-electron chi connectivity index (χ2n) is 7.67. The number of nitrogens with one attached hydrogen (secondary N) is 1. The molecule has 0 aromatic carbocycles. The van der Waals surface area contributed by atoms with Gasteiger partial charge in [0, 0.05) is 24.4 Å². The molecule has 2 aliphatic rings. The normalized spacial score (nSPS) is 22.4. The molecule has 1 saturated carbocycles. The van der Waals surface area contributed by atoms with Crippen LogP contribution in [0, 0.1) is 11.8 Å². The highest BCUT2D eigenvalue weighted by Gasteiger charge is 2.55. The first kappa shape index (κ1) is 19.8. The average molecular weight is 432 g/mol. The summed E-state index contributed by atoms with van der Waals surface area (Å²) in [5, 5.41) is 2.60. The van der Waals surface area contributed by atoms with Crippen molar-refractivity contribution in [3.63, 3.8) is 0 Å². The maximum atomic E-state index is 12.9. The van der Waals surface area contributed by atoms with Gasteiger partial charge < -0.3 is 19.2 Å². The summed E-state index contributed by atoms with van der Waals surface area (Å²) in [6.45, 7) is 3.72. The Balaban J connectivity index is 1.44. The zero-order valence-electron chi connectivity index (χ0n) is 16.5. The molecule has 0 spiro atoms. The van der Waals surface area contributed by atoms with E-state index in [0.717, 1.165) is 31.0 Å². The first-order valence-electron chi connectivity index (χ1n) is 9.94. The van der Waals surface area contributed by atoms with Crippen molar-refractivity contribution in [1.29, 1.82) is 0 Å². The van der Waals surface area contributed by atoms with Crippen molar-refractivity contribution < 1.29 is 27.4 Å². The van der Waals surface area contributed by atoms with Gasteiger partial charge in [0.1, 0.15) is 11.4 Å². The number of hydrogen-bond acceptors (Lipinski definition) is 5. The molecule has 3 atom stereocenters. The van der Waals surface area contributed by atoms with Crippen molar-refractivity contribution in [1.82, 2.24) is 14.4 Å². The van der Waals surface area contributed by atoms with E-state index in [4.69, 9.17) is 14.5 Å². The molecule has 31 heavy (non-hydrogen) atoms. The Morgan fingerprint density at radius 3 is 2.74 bits per heavy atom. The molecule has 1 amide bonds. The Morgan fingerprint density at radius 2 is 2.03 bits per heavy atom. The van der Waals surface area contributed by atoms with E-state index in [2.05, 4.69) is 10.3 Å². The molecule has 0 unspecified atom stereocenters. The van der Waals surface area contributed by atoms with E-state index in [1.807, 2.05) is 13.1 Å². The highest BCUT2D eigenvalue weighted by molar-refractivity contribution is 6.03. The summed E-state index contributed by atoms with van der Waals surface area (Å²) in [5.74, 6) is 1.07. The third kappa shape index (κ3) is 3.60. The number of anilines is 1. The number of amides is 1. The molecule has 1 saturated heterocycles. The van der Waals surface area contributed by atoms with E-state index in [1.54, 1.807) is 16.7 Å². The molecule has 3 aromatic rings. The van der Waals surface area contributed by atoms with Crippen LogP contribution in [0.1, 0.15) is 34.7 Å². The van der Waals surface area contributed by atoms with E-state index in [1.165, 1.54) is 6.07 Å². The van der Waals surface area contributed by atoms with Gasteiger partial charge in [-0.3, -0.25) is 4.79 Å². The first-order valence-corrected chi connectivity index (χ1v) is 9.94. The van der Waals surface area contributed by atoms with E-state index in [-0.39, 0.29) is 5.69 Å². The lowest BCUT2D eigenvalue weighted by Gasteiger charge is -2.11. The van der Waals surface area contributed by atoms with Gasteiger partial charge in [0.25, 0.3) is 5.91 Å². The molecule has 10 heteroatoms. The lowest BCUT2D eigenvalue weighted by Crippen LogP contribution is -2.17. The summed E-state index contributed by atoms with van der Waals surface area (Å²) < 4.78 is 51.6. The molecule has 1 aliphatic heterocycles. The Morgan fingerprint density at radius 1 is 1.26 bits per heavy atom. The lowest BCUT2D eigenvalue weighted by atomic mass is 10.2. The maximum absolute atomic E-state index is 12.9. The standard InChI is InChI=1S/C21H19F3N4O3/c1-2-31-16-6-11(25-20(29)14-4-3-5-17(26-14)21(22,23)24)7-28-8-15(27-19(16)28)18-12-9-30-10-13(12)18/h3-8,12-13,18H,2,9-10H2,1H3,(H,25,29)/t12-,13+,18-. The van der Waals surface area contributed by atoms with Crippen molar-refractivity contribution in [3.05, 3.63) is 53.7 Å². The smallest absolute Gasteiger partial charge is 0.433 e. The SMILES string of the molecule is CCOc1cc(NC(=O)c2cccc(C(F)(F)F)n2)cn2cc([C@@H]3[C@@H]4COC[C@@H]43)nc12. The summed E-state index contributed by atoms with van der Waals surface area (Å²) in [5.41, 5.74) is 0.484. The van der Waals surface area contributed by atoms with Crippen LogP contribution in [0.4, 0.5) is 18.9 Å². The van der Waals surface area contributed by atoms with Crippen LogP contribution in [0.25, 0.3) is 5.65 Å². The molecule has 1 aliphatic carbocycles. The predicted molar refractivity (Wildman–Crippen MR) is 104 cm³/mol. The van der Waals surface area contributed by atoms with Gasteiger partial charge in [-0.25, -0.2) is 9.97 Å². The topological polar surface area (TPSA) is 77.8 Å². The molecule has 162 valence electrons. The third-order valence-corrected chi connectivity index (χ3v) is 5.66. The highest BCUT2D eigenvalue weighted by atomic mass is 19.4. The van der Waals surface area contributed by atoms with Gasteiger partial charge in [-0.15, -0.1) is 0 Å². The monoisotopic (exact) mass is 432 g/mol.